The van der Waals surface area contributed by atoms with Crippen molar-refractivity contribution < 1.29 is 19.2 Å². The summed E-state index contributed by atoms with van der Waals surface area (Å²) in [6.07, 6.45) is 3.55. The van der Waals surface area contributed by atoms with Gasteiger partial charge in [-0.05, 0) is 44.4 Å². The van der Waals surface area contributed by atoms with E-state index in [9.17, 15) is 24.4 Å². The number of carbonyl (C=O) groups is 4. The van der Waals surface area contributed by atoms with Gasteiger partial charge in [0, 0.05) is 25.9 Å². The maximum atomic E-state index is 12.7. The van der Waals surface area contributed by atoms with E-state index in [-0.39, 0.29) is 42.9 Å². The minimum absolute atomic E-state index is 0.0729. The Morgan fingerprint density at radius 3 is 2.50 bits per heavy atom. The molecule has 0 aromatic carbocycles. The molecule has 2 fully saturated rings. The topological polar surface area (TPSA) is 131 Å². The molecule has 0 saturated carbocycles. The average molecular weight is 420 g/mol. The zero-order chi connectivity index (χ0) is 22.1. The van der Waals surface area contributed by atoms with E-state index >= 15 is 0 Å². The van der Waals surface area contributed by atoms with Crippen molar-refractivity contribution in [2.24, 2.45) is 5.92 Å². The van der Waals surface area contributed by atoms with Gasteiger partial charge in [0.05, 0.1) is 6.07 Å². The number of nitrogens with one attached hydrogen (secondary N) is 3. The predicted octanol–water partition coefficient (Wildman–Crippen LogP) is 0.597. The number of rotatable bonds is 2. The third-order valence-corrected chi connectivity index (χ3v) is 5.48. The zero-order valence-corrected chi connectivity index (χ0v) is 17.9. The summed E-state index contributed by atoms with van der Waals surface area (Å²) in [5.74, 6) is -0.803. The smallest absolute Gasteiger partial charge is 0.243 e. The Kier molecular flexibility index (Phi) is 9.09. The summed E-state index contributed by atoms with van der Waals surface area (Å²) >= 11 is 0. The molecule has 0 spiro atoms. The van der Waals surface area contributed by atoms with Crippen molar-refractivity contribution in [2.45, 2.75) is 83.3 Å². The lowest BCUT2D eigenvalue weighted by Crippen LogP contribution is -2.50. The highest BCUT2D eigenvalue weighted by Gasteiger charge is 2.34. The number of fused-ring (bicyclic) bond motifs is 1. The van der Waals surface area contributed by atoms with Crippen LogP contribution in [0, 0.1) is 17.2 Å². The van der Waals surface area contributed by atoms with Crippen LogP contribution in [-0.4, -0.2) is 59.7 Å². The quantitative estimate of drug-likeness (QED) is 0.603. The first kappa shape index (κ1) is 23.6. The van der Waals surface area contributed by atoms with Crippen LogP contribution in [-0.2, 0) is 19.2 Å². The number of hydrogen-bond donors (Lipinski definition) is 3. The fourth-order valence-electron chi connectivity index (χ4n) is 3.90. The van der Waals surface area contributed by atoms with Crippen LogP contribution < -0.4 is 16.0 Å². The van der Waals surface area contributed by atoms with Crippen molar-refractivity contribution in [1.29, 1.82) is 5.26 Å². The summed E-state index contributed by atoms with van der Waals surface area (Å²) in [5, 5.41) is 17.7. The Morgan fingerprint density at radius 1 is 1.03 bits per heavy atom. The molecule has 0 aromatic rings. The molecule has 0 aliphatic carbocycles. The minimum Gasteiger partial charge on any atom is -0.354 e. The first-order valence-corrected chi connectivity index (χ1v) is 10.9. The summed E-state index contributed by atoms with van der Waals surface area (Å²) in [4.78, 5) is 51.7. The summed E-state index contributed by atoms with van der Waals surface area (Å²) < 4.78 is 0. The van der Waals surface area contributed by atoms with E-state index in [0.717, 1.165) is 6.42 Å². The fourth-order valence-corrected chi connectivity index (χ4v) is 3.90. The van der Waals surface area contributed by atoms with Gasteiger partial charge in [-0.2, -0.15) is 5.26 Å². The van der Waals surface area contributed by atoms with Gasteiger partial charge >= 0.3 is 0 Å². The monoisotopic (exact) mass is 419 g/mol. The Morgan fingerprint density at radius 2 is 1.80 bits per heavy atom. The molecule has 166 valence electrons. The van der Waals surface area contributed by atoms with Crippen LogP contribution in [0.25, 0.3) is 0 Å². The first-order valence-electron chi connectivity index (χ1n) is 10.9. The molecule has 4 amide bonds. The van der Waals surface area contributed by atoms with E-state index < -0.39 is 24.0 Å². The van der Waals surface area contributed by atoms with Crippen molar-refractivity contribution in [3.05, 3.63) is 0 Å². The van der Waals surface area contributed by atoms with Gasteiger partial charge in [0.2, 0.25) is 23.6 Å². The number of nitriles is 1. The highest BCUT2D eigenvalue weighted by Crippen LogP contribution is 2.19. The summed E-state index contributed by atoms with van der Waals surface area (Å²) in [7, 11) is 0. The van der Waals surface area contributed by atoms with Crippen LogP contribution in [0.2, 0.25) is 0 Å². The Bertz CT molecular complexity index is 687. The van der Waals surface area contributed by atoms with E-state index in [0.29, 0.717) is 38.8 Å². The van der Waals surface area contributed by atoms with Crippen LogP contribution in [0.4, 0.5) is 0 Å². The molecule has 3 N–H and O–H groups in total. The SMILES string of the molecule is CC(C)C[C@@H]1NC(=O)CCCCNC(=O)[C@H]2CCCN2C(=O)CC[C@@H](C#N)NC1=O. The molecule has 2 rings (SSSR count). The summed E-state index contributed by atoms with van der Waals surface area (Å²) in [6, 6.07) is -0.0128. The van der Waals surface area contributed by atoms with E-state index in [1.54, 1.807) is 4.90 Å². The third-order valence-electron chi connectivity index (χ3n) is 5.48. The second-order valence-corrected chi connectivity index (χ2v) is 8.47. The van der Waals surface area contributed by atoms with Gasteiger partial charge in [-0.1, -0.05) is 13.8 Å². The predicted molar refractivity (Wildman–Crippen MR) is 110 cm³/mol. The molecule has 0 unspecified atom stereocenters. The standard InChI is InChI=1S/C21H33N5O4/c1-14(2)12-16-20(29)24-15(13-22)8-9-19(28)26-11-5-6-17(26)21(30)23-10-4-3-7-18(27)25-16/h14-17H,3-12H2,1-2H3,(H,23,30)(H,24,29)(H,25,27)/t15-,16-,17+/m0/s1. The van der Waals surface area contributed by atoms with Crippen molar-refractivity contribution >= 4 is 23.6 Å². The molecule has 2 heterocycles. The van der Waals surface area contributed by atoms with Crippen LogP contribution in [0.5, 0.6) is 0 Å². The van der Waals surface area contributed by atoms with Gasteiger partial charge in [0.25, 0.3) is 0 Å². The van der Waals surface area contributed by atoms with Crippen LogP contribution in [0.3, 0.4) is 0 Å². The van der Waals surface area contributed by atoms with E-state index in [1.165, 1.54) is 0 Å². The molecule has 2 aliphatic rings. The lowest BCUT2D eigenvalue weighted by molar-refractivity contribution is -0.138. The van der Waals surface area contributed by atoms with Crippen molar-refractivity contribution in [1.82, 2.24) is 20.9 Å². The van der Waals surface area contributed by atoms with Gasteiger partial charge in [-0.15, -0.1) is 0 Å². The highest BCUT2D eigenvalue weighted by atomic mass is 16.2. The van der Waals surface area contributed by atoms with Gasteiger partial charge in [0.1, 0.15) is 18.1 Å². The van der Waals surface area contributed by atoms with Crippen LogP contribution in [0.15, 0.2) is 0 Å². The zero-order valence-electron chi connectivity index (χ0n) is 17.9. The third kappa shape index (κ3) is 7.01. The number of amides is 4. The summed E-state index contributed by atoms with van der Waals surface area (Å²) in [6.45, 7) is 4.88. The van der Waals surface area contributed by atoms with Gasteiger partial charge in [-0.25, -0.2) is 0 Å². The van der Waals surface area contributed by atoms with Gasteiger partial charge < -0.3 is 20.9 Å². The number of hydrogen-bond acceptors (Lipinski definition) is 5. The first-order chi connectivity index (χ1) is 14.3. The average Bonchev–Trinajstić information content (AvgIpc) is 3.18. The molecule has 0 bridgehead atoms. The van der Waals surface area contributed by atoms with Crippen molar-refractivity contribution in [2.75, 3.05) is 13.1 Å². The van der Waals surface area contributed by atoms with E-state index in [2.05, 4.69) is 16.0 Å². The fraction of sp³-hybridized carbons (Fsp3) is 0.762. The maximum absolute atomic E-state index is 12.7. The largest absolute Gasteiger partial charge is 0.354 e. The van der Waals surface area contributed by atoms with Crippen LogP contribution in [0.1, 0.15) is 65.2 Å². The Hall–Kier alpha value is -2.63. The lowest BCUT2D eigenvalue weighted by Gasteiger charge is -2.25. The Labute approximate surface area is 177 Å². The number of carbonyl (C=O) groups excluding carboxylic acids is 4. The van der Waals surface area contributed by atoms with Crippen molar-refractivity contribution in [3.63, 3.8) is 0 Å². The van der Waals surface area contributed by atoms with Crippen molar-refractivity contribution in [3.8, 4) is 6.07 Å². The molecule has 0 aromatic heterocycles. The Balaban J connectivity index is 2.13. The van der Waals surface area contributed by atoms with E-state index in [4.69, 9.17) is 0 Å². The maximum Gasteiger partial charge on any atom is 0.243 e. The van der Waals surface area contributed by atoms with E-state index in [1.807, 2.05) is 19.9 Å². The second kappa shape index (κ2) is 11.5. The molecule has 3 atom stereocenters. The van der Waals surface area contributed by atoms with Crippen LogP contribution >= 0.6 is 0 Å². The highest BCUT2D eigenvalue weighted by molar-refractivity contribution is 5.89. The van der Waals surface area contributed by atoms with Gasteiger partial charge in [-0.3, -0.25) is 19.2 Å². The molecule has 2 saturated heterocycles. The molecule has 30 heavy (non-hydrogen) atoms. The summed E-state index contributed by atoms with van der Waals surface area (Å²) in [5.41, 5.74) is 0. The molecule has 0 radical (unpaired) electrons. The molecular formula is C21H33N5O4. The molecule has 9 heteroatoms. The lowest BCUT2D eigenvalue weighted by atomic mass is 10.0. The second-order valence-electron chi connectivity index (χ2n) is 8.47. The minimum atomic E-state index is -0.835. The van der Waals surface area contributed by atoms with Gasteiger partial charge in [0.15, 0.2) is 0 Å². The number of nitrogens with zero attached hydrogens (tertiary/aromatic N) is 2. The molecule has 2 aliphatic heterocycles. The molecular weight excluding hydrogens is 386 g/mol. The normalized spacial score (nSPS) is 27.5. The molecule has 9 nitrogen and oxygen atoms in total.